The predicted molar refractivity (Wildman–Crippen MR) is 116 cm³/mol. The maximum atomic E-state index is 13.2. The first kappa shape index (κ1) is 22.2. The van der Waals surface area contributed by atoms with Crippen LogP contribution in [-0.2, 0) is 20.8 Å². The number of hydrogen-bond acceptors (Lipinski definition) is 6. The van der Waals surface area contributed by atoms with Crippen LogP contribution >= 0.6 is 0 Å². The molecule has 3 atom stereocenters. The molecule has 7 heteroatoms. The van der Waals surface area contributed by atoms with Gasteiger partial charge in [0.2, 0.25) is 0 Å². The highest BCUT2D eigenvalue weighted by Crippen LogP contribution is 2.48. The average molecular weight is 431 g/mol. The summed E-state index contributed by atoms with van der Waals surface area (Å²) in [6.07, 6.45) is 3.94. The van der Waals surface area contributed by atoms with Gasteiger partial charge in [-0.15, -0.1) is 0 Å². The van der Waals surface area contributed by atoms with E-state index in [-0.39, 0.29) is 5.97 Å². The van der Waals surface area contributed by atoms with Gasteiger partial charge in [0.25, 0.3) is 0 Å². The molecule has 1 saturated carbocycles. The molecule has 4 rings (SSSR count). The number of carbonyl (C=O) groups is 2. The van der Waals surface area contributed by atoms with Crippen LogP contribution in [0, 0.1) is 11.3 Å². The lowest BCUT2D eigenvalue weighted by Crippen LogP contribution is -2.58. The summed E-state index contributed by atoms with van der Waals surface area (Å²) in [6.45, 7) is 8.27. The predicted octanol–water partition coefficient (Wildman–Crippen LogP) is 2.64. The minimum absolute atomic E-state index is 0.0358. The van der Waals surface area contributed by atoms with Crippen molar-refractivity contribution >= 4 is 11.9 Å². The minimum Gasteiger partial charge on any atom is -0.478 e. The van der Waals surface area contributed by atoms with Crippen molar-refractivity contribution in [3.63, 3.8) is 0 Å². The highest BCUT2D eigenvalue weighted by Gasteiger charge is 2.53. The highest BCUT2D eigenvalue weighted by molar-refractivity contribution is 5.87. The van der Waals surface area contributed by atoms with Crippen molar-refractivity contribution in [1.29, 1.82) is 0 Å². The molecule has 7 nitrogen and oxygen atoms in total. The number of carbonyl (C=O) groups excluding carboxylic acids is 1. The van der Waals surface area contributed by atoms with Gasteiger partial charge in [-0.3, -0.25) is 14.6 Å². The first-order chi connectivity index (χ1) is 15.0. The van der Waals surface area contributed by atoms with E-state index in [4.69, 9.17) is 14.6 Å². The largest absolute Gasteiger partial charge is 0.478 e. The number of carboxylic acid groups (broad SMARTS) is 1. The van der Waals surface area contributed by atoms with Gasteiger partial charge in [0.05, 0.1) is 30.8 Å². The molecule has 3 aliphatic rings. The van der Waals surface area contributed by atoms with Crippen LogP contribution in [0.2, 0.25) is 0 Å². The number of likely N-dealkylation sites (tertiary alicyclic amines) is 1. The van der Waals surface area contributed by atoms with Crippen LogP contribution in [0.5, 0.6) is 0 Å². The zero-order chi connectivity index (χ0) is 21.8. The number of carboxylic acids is 1. The fourth-order valence-corrected chi connectivity index (χ4v) is 5.75. The molecular formula is C24H34N2O5. The Morgan fingerprint density at radius 1 is 1.16 bits per heavy atom. The number of fused-ring (bicyclic) bond motifs is 1. The summed E-state index contributed by atoms with van der Waals surface area (Å²) in [5, 5.41) is 9.12. The van der Waals surface area contributed by atoms with E-state index in [0.29, 0.717) is 30.7 Å². The zero-order valence-corrected chi connectivity index (χ0v) is 18.4. The zero-order valence-electron chi connectivity index (χ0n) is 18.4. The maximum absolute atomic E-state index is 13.2. The molecule has 0 radical (unpaired) electrons. The molecule has 1 N–H and O–H groups in total. The Morgan fingerprint density at radius 2 is 1.90 bits per heavy atom. The Labute approximate surface area is 184 Å². The highest BCUT2D eigenvalue weighted by atomic mass is 16.5. The van der Waals surface area contributed by atoms with E-state index < -0.39 is 11.4 Å². The van der Waals surface area contributed by atoms with Crippen LogP contribution in [0.4, 0.5) is 0 Å². The smallest absolute Gasteiger partial charge is 0.335 e. The van der Waals surface area contributed by atoms with Gasteiger partial charge in [-0.1, -0.05) is 12.1 Å². The van der Waals surface area contributed by atoms with Crippen LogP contribution in [0.15, 0.2) is 24.3 Å². The molecule has 0 unspecified atom stereocenters. The summed E-state index contributed by atoms with van der Waals surface area (Å²) in [4.78, 5) is 29.2. The van der Waals surface area contributed by atoms with Crippen LogP contribution in [0.3, 0.4) is 0 Å². The van der Waals surface area contributed by atoms with Crippen molar-refractivity contribution in [1.82, 2.24) is 9.80 Å². The molecule has 0 bridgehead atoms. The third-order valence-corrected chi connectivity index (χ3v) is 7.41. The average Bonchev–Trinajstić information content (AvgIpc) is 2.79. The Bertz CT molecular complexity index is 777. The molecule has 1 aromatic carbocycles. The Kier molecular flexibility index (Phi) is 6.94. The summed E-state index contributed by atoms with van der Waals surface area (Å²) in [6, 6.07) is 7.59. The van der Waals surface area contributed by atoms with Crippen LogP contribution in [0.1, 0.15) is 48.5 Å². The second-order valence-electron chi connectivity index (χ2n) is 9.15. The molecule has 2 aliphatic heterocycles. The number of nitrogens with zero attached hydrogens (tertiary/aromatic N) is 2. The Morgan fingerprint density at radius 3 is 2.58 bits per heavy atom. The third-order valence-electron chi connectivity index (χ3n) is 7.41. The summed E-state index contributed by atoms with van der Waals surface area (Å²) in [7, 11) is 0. The summed E-state index contributed by atoms with van der Waals surface area (Å²) < 4.78 is 11.1. The minimum atomic E-state index is -0.911. The topological polar surface area (TPSA) is 79.3 Å². The van der Waals surface area contributed by atoms with E-state index in [2.05, 4.69) is 9.80 Å². The summed E-state index contributed by atoms with van der Waals surface area (Å²) >= 11 is 0. The van der Waals surface area contributed by atoms with E-state index in [1.807, 2.05) is 19.1 Å². The number of hydrogen-bond donors (Lipinski definition) is 1. The van der Waals surface area contributed by atoms with E-state index >= 15 is 0 Å². The second kappa shape index (κ2) is 9.67. The monoisotopic (exact) mass is 430 g/mol. The summed E-state index contributed by atoms with van der Waals surface area (Å²) in [5.41, 5.74) is 0.939. The van der Waals surface area contributed by atoms with Gasteiger partial charge in [0.15, 0.2) is 0 Å². The maximum Gasteiger partial charge on any atom is 0.335 e. The number of rotatable bonds is 6. The second-order valence-corrected chi connectivity index (χ2v) is 9.15. The van der Waals surface area contributed by atoms with Gasteiger partial charge >= 0.3 is 11.9 Å². The number of benzene rings is 1. The molecule has 2 heterocycles. The van der Waals surface area contributed by atoms with Gasteiger partial charge in [0, 0.05) is 32.2 Å². The lowest BCUT2D eigenvalue weighted by atomic mass is 9.61. The van der Waals surface area contributed by atoms with E-state index in [1.165, 1.54) is 0 Å². The molecular weight excluding hydrogens is 396 g/mol. The number of ether oxygens (including phenoxy) is 2. The molecule has 2 saturated heterocycles. The lowest BCUT2D eigenvalue weighted by Gasteiger charge is -2.52. The molecule has 170 valence electrons. The third kappa shape index (κ3) is 4.78. The van der Waals surface area contributed by atoms with Crippen LogP contribution in [0.25, 0.3) is 0 Å². The van der Waals surface area contributed by atoms with Crippen molar-refractivity contribution in [2.24, 2.45) is 11.3 Å². The SMILES string of the molecule is CCOC(=O)[C@@]12CC[C@@H](N3CCOCC3)C[C@H]1CCN(Cc1ccc(C(=O)O)cc1)C2. The van der Waals surface area contributed by atoms with Crippen molar-refractivity contribution in [3.8, 4) is 0 Å². The van der Waals surface area contributed by atoms with Gasteiger partial charge in [0.1, 0.15) is 0 Å². The van der Waals surface area contributed by atoms with Gasteiger partial charge in [-0.2, -0.15) is 0 Å². The number of esters is 1. The molecule has 0 amide bonds. The molecule has 1 aliphatic carbocycles. The van der Waals surface area contributed by atoms with Crippen molar-refractivity contribution in [3.05, 3.63) is 35.4 Å². The normalized spacial score (nSPS) is 29.8. The first-order valence-electron chi connectivity index (χ1n) is 11.6. The van der Waals surface area contributed by atoms with Gasteiger partial charge in [-0.25, -0.2) is 4.79 Å². The van der Waals surface area contributed by atoms with E-state index in [0.717, 1.165) is 70.6 Å². The number of morpholine rings is 1. The summed E-state index contributed by atoms with van der Waals surface area (Å²) in [5.74, 6) is -0.601. The fourth-order valence-electron chi connectivity index (χ4n) is 5.75. The lowest BCUT2D eigenvalue weighted by molar-refractivity contribution is -0.170. The van der Waals surface area contributed by atoms with Gasteiger partial charge < -0.3 is 14.6 Å². The Balaban J connectivity index is 1.46. The number of aromatic carboxylic acids is 1. The van der Waals surface area contributed by atoms with Crippen molar-refractivity contribution < 1.29 is 24.2 Å². The van der Waals surface area contributed by atoms with Crippen molar-refractivity contribution in [2.75, 3.05) is 46.0 Å². The molecule has 0 spiro atoms. The van der Waals surface area contributed by atoms with Crippen LogP contribution in [-0.4, -0.2) is 78.9 Å². The Hall–Kier alpha value is -1.96. The van der Waals surface area contributed by atoms with Crippen LogP contribution < -0.4 is 0 Å². The number of piperidine rings is 1. The molecule has 0 aromatic heterocycles. The van der Waals surface area contributed by atoms with Crippen molar-refractivity contribution in [2.45, 2.75) is 45.2 Å². The van der Waals surface area contributed by atoms with E-state index in [9.17, 15) is 9.59 Å². The van der Waals surface area contributed by atoms with Gasteiger partial charge in [-0.05, 0) is 62.8 Å². The standard InChI is InChI=1S/C24H34N2O5/c1-2-31-23(29)24-9-7-21(26-11-13-30-14-12-26)15-20(24)8-10-25(17-24)16-18-3-5-19(6-4-18)22(27)28/h3-6,20-21H,2,7-17H2,1H3,(H,27,28)/t20-,21-,24-/m1/s1. The molecule has 1 aromatic rings. The quantitative estimate of drug-likeness (QED) is 0.695. The molecule has 3 fully saturated rings. The fraction of sp³-hybridized carbons (Fsp3) is 0.667. The van der Waals surface area contributed by atoms with E-state index in [1.54, 1.807) is 12.1 Å². The molecule has 31 heavy (non-hydrogen) atoms. The first-order valence-corrected chi connectivity index (χ1v) is 11.6.